The Hall–Kier alpha value is -2.99. The van der Waals surface area contributed by atoms with Gasteiger partial charge in [-0.2, -0.15) is 5.10 Å². The molecule has 0 radical (unpaired) electrons. The van der Waals surface area contributed by atoms with Gasteiger partial charge >= 0.3 is 0 Å². The standard InChI is InChI=1S/C22H23FN4O/c1-27-14-18(22(26-27)16-5-3-7-19(23)10-16)13-25-21(28)11-15-4-2-6-17-12-24-9-8-20(15)17/h2-7,10,14,24H,8-9,11-13H2,1H3,(H,25,28). The summed E-state index contributed by atoms with van der Waals surface area (Å²) in [4.78, 5) is 12.6. The lowest BCUT2D eigenvalue weighted by Crippen LogP contribution is -2.28. The average Bonchev–Trinajstić information content (AvgIpc) is 3.07. The third-order valence-corrected chi connectivity index (χ3v) is 5.07. The Balaban J connectivity index is 1.46. The van der Waals surface area contributed by atoms with E-state index in [1.807, 2.05) is 31.4 Å². The Kier molecular flexibility index (Phi) is 5.21. The Morgan fingerprint density at radius 2 is 2.11 bits per heavy atom. The number of halogens is 1. The predicted molar refractivity (Wildman–Crippen MR) is 106 cm³/mol. The largest absolute Gasteiger partial charge is 0.352 e. The van der Waals surface area contributed by atoms with Gasteiger partial charge in [-0.15, -0.1) is 0 Å². The van der Waals surface area contributed by atoms with Crippen molar-refractivity contribution in [3.8, 4) is 11.3 Å². The van der Waals surface area contributed by atoms with Crippen LogP contribution >= 0.6 is 0 Å². The first-order valence-electron chi connectivity index (χ1n) is 9.45. The Labute approximate surface area is 163 Å². The highest BCUT2D eigenvalue weighted by Crippen LogP contribution is 2.23. The molecule has 2 heterocycles. The highest BCUT2D eigenvalue weighted by molar-refractivity contribution is 5.79. The molecular weight excluding hydrogens is 355 g/mol. The van der Waals surface area contributed by atoms with Crippen LogP contribution in [0.3, 0.4) is 0 Å². The van der Waals surface area contributed by atoms with Gasteiger partial charge in [0, 0.05) is 37.5 Å². The van der Waals surface area contributed by atoms with Crippen molar-refractivity contribution in [1.82, 2.24) is 20.4 Å². The summed E-state index contributed by atoms with van der Waals surface area (Å²) >= 11 is 0. The first-order chi connectivity index (χ1) is 13.6. The van der Waals surface area contributed by atoms with E-state index >= 15 is 0 Å². The highest BCUT2D eigenvalue weighted by atomic mass is 19.1. The van der Waals surface area contributed by atoms with Crippen molar-refractivity contribution in [2.75, 3.05) is 6.54 Å². The second-order valence-electron chi connectivity index (χ2n) is 7.12. The third-order valence-electron chi connectivity index (χ3n) is 5.07. The molecule has 28 heavy (non-hydrogen) atoms. The molecule has 0 saturated carbocycles. The molecule has 0 spiro atoms. The molecule has 0 atom stereocenters. The molecule has 1 amide bonds. The number of amides is 1. The van der Waals surface area contributed by atoms with Gasteiger partial charge < -0.3 is 10.6 Å². The minimum atomic E-state index is -0.304. The molecule has 5 nitrogen and oxygen atoms in total. The molecule has 3 aromatic rings. The zero-order valence-corrected chi connectivity index (χ0v) is 15.8. The van der Waals surface area contributed by atoms with E-state index in [0.717, 1.165) is 30.6 Å². The van der Waals surface area contributed by atoms with Crippen LogP contribution in [0.2, 0.25) is 0 Å². The summed E-state index contributed by atoms with van der Waals surface area (Å²) in [5.41, 5.74) is 5.91. The van der Waals surface area contributed by atoms with Crippen LogP contribution < -0.4 is 10.6 Å². The number of nitrogens with zero attached hydrogens (tertiary/aromatic N) is 2. The van der Waals surface area contributed by atoms with Gasteiger partial charge in [0.1, 0.15) is 5.82 Å². The van der Waals surface area contributed by atoms with Crippen LogP contribution in [-0.4, -0.2) is 22.2 Å². The number of hydrogen-bond donors (Lipinski definition) is 2. The fourth-order valence-electron chi connectivity index (χ4n) is 3.75. The summed E-state index contributed by atoms with van der Waals surface area (Å²) in [6.07, 6.45) is 3.17. The van der Waals surface area contributed by atoms with Crippen LogP contribution in [-0.2, 0) is 37.8 Å². The van der Waals surface area contributed by atoms with Gasteiger partial charge in [-0.05, 0) is 41.8 Å². The molecule has 2 aromatic carbocycles. The lowest BCUT2D eigenvalue weighted by molar-refractivity contribution is -0.120. The van der Waals surface area contributed by atoms with Crippen LogP contribution in [0.15, 0.2) is 48.7 Å². The first kappa shape index (κ1) is 18.4. The summed E-state index contributed by atoms with van der Waals surface area (Å²) in [5.74, 6) is -0.331. The van der Waals surface area contributed by atoms with Crippen LogP contribution in [0, 0.1) is 5.82 Å². The molecule has 0 aliphatic carbocycles. The van der Waals surface area contributed by atoms with Crippen molar-refractivity contribution < 1.29 is 9.18 Å². The minimum Gasteiger partial charge on any atom is -0.352 e. The second-order valence-corrected chi connectivity index (χ2v) is 7.12. The van der Waals surface area contributed by atoms with E-state index in [-0.39, 0.29) is 11.7 Å². The molecule has 4 rings (SSSR count). The number of nitrogens with one attached hydrogen (secondary N) is 2. The van der Waals surface area contributed by atoms with Gasteiger partial charge in [0.25, 0.3) is 0 Å². The van der Waals surface area contributed by atoms with Gasteiger partial charge in [0.05, 0.1) is 12.1 Å². The Morgan fingerprint density at radius 3 is 2.96 bits per heavy atom. The maximum Gasteiger partial charge on any atom is 0.224 e. The number of aryl methyl sites for hydroxylation is 1. The predicted octanol–water partition coefficient (Wildman–Crippen LogP) is 2.73. The molecule has 0 fully saturated rings. The molecule has 144 valence electrons. The SMILES string of the molecule is Cn1cc(CNC(=O)Cc2cccc3c2CCNC3)c(-c2cccc(F)c2)n1. The molecule has 1 aliphatic heterocycles. The van der Waals surface area contributed by atoms with E-state index in [2.05, 4.69) is 21.8 Å². The lowest BCUT2D eigenvalue weighted by atomic mass is 9.93. The van der Waals surface area contributed by atoms with Gasteiger partial charge in [0.2, 0.25) is 5.91 Å². The number of aromatic nitrogens is 2. The molecule has 0 saturated heterocycles. The normalized spacial score (nSPS) is 13.2. The number of carbonyl (C=O) groups is 1. The van der Waals surface area contributed by atoms with Crippen LogP contribution in [0.5, 0.6) is 0 Å². The number of carbonyl (C=O) groups excluding carboxylic acids is 1. The Morgan fingerprint density at radius 1 is 1.25 bits per heavy atom. The molecule has 2 N–H and O–H groups in total. The summed E-state index contributed by atoms with van der Waals surface area (Å²) in [5, 5.41) is 10.8. The molecule has 1 aliphatic rings. The van der Waals surface area contributed by atoms with Crippen molar-refractivity contribution in [2.24, 2.45) is 7.05 Å². The Bertz CT molecular complexity index is 1010. The first-order valence-corrected chi connectivity index (χ1v) is 9.45. The topological polar surface area (TPSA) is 59.0 Å². The number of fused-ring (bicyclic) bond motifs is 1. The fourth-order valence-corrected chi connectivity index (χ4v) is 3.75. The van der Waals surface area contributed by atoms with Crippen molar-refractivity contribution in [1.29, 1.82) is 0 Å². The maximum atomic E-state index is 13.6. The van der Waals surface area contributed by atoms with Gasteiger partial charge in [-0.1, -0.05) is 30.3 Å². The summed E-state index contributed by atoms with van der Waals surface area (Å²) < 4.78 is 15.3. The van der Waals surface area contributed by atoms with Gasteiger partial charge in [-0.25, -0.2) is 4.39 Å². The molecule has 0 bridgehead atoms. The second kappa shape index (κ2) is 7.94. The van der Waals surface area contributed by atoms with Gasteiger partial charge in [0.15, 0.2) is 0 Å². The van der Waals surface area contributed by atoms with Crippen LogP contribution in [0.1, 0.15) is 22.3 Å². The highest BCUT2D eigenvalue weighted by Gasteiger charge is 2.16. The van der Waals surface area contributed by atoms with Gasteiger partial charge in [-0.3, -0.25) is 9.48 Å². The van der Waals surface area contributed by atoms with E-state index in [4.69, 9.17) is 0 Å². The van der Waals surface area contributed by atoms with Crippen molar-refractivity contribution >= 4 is 5.91 Å². The summed E-state index contributed by atoms with van der Waals surface area (Å²) in [7, 11) is 1.82. The fraction of sp³-hybridized carbons (Fsp3) is 0.273. The average molecular weight is 378 g/mol. The van der Waals surface area contributed by atoms with Crippen molar-refractivity contribution in [2.45, 2.75) is 25.9 Å². The number of rotatable bonds is 5. The van der Waals surface area contributed by atoms with E-state index in [0.29, 0.717) is 24.2 Å². The number of hydrogen-bond acceptors (Lipinski definition) is 3. The number of benzene rings is 2. The maximum absolute atomic E-state index is 13.6. The molecule has 6 heteroatoms. The van der Waals surface area contributed by atoms with Crippen molar-refractivity contribution in [3.63, 3.8) is 0 Å². The van der Waals surface area contributed by atoms with E-state index < -0.39 is 0 Å². The summed E-state index contributed by atoms with van der Waals surface area (Å²) in [6, 6.07) is 12.5. The van der Waals surface area contributed by atoms with Crippen molar-refractivity contribution in [3.05, 3.63) is 76.7 Å². The molecule has 1 aromatic heterocycles. The smallest absolute Gasteiger partial charge is 0.224 e. The lowest BCUT2D eigenvalue weighted by Gasteiger charge is -2.20. The zero-order chi connectivity index (χ0) is 19.5. The molecule has 0 unspecified atom stereocenters. The summed E-state index contributed by atoms with van der Waals surface area (Å²) in [6.45, 7) is 2.16. The minimum absolute atomic E-state index is 0.0269. The van der Waals surface area contributed by atoms with E-state index in [1.54, 1.807) is 10.7 Å². The third kappa shape index (κ3) is 3.97. The van der Waals surface area contributed by atoms with Crippen LogP contribution in [0.4, 0.5) is 4.39 Å². The zero-order valence-electron chi connectivity index (χ0n) is 15.8. The van der Waals surface area contributed by atoms with E-state index in [9.17, 15) is 9.18 Å². The quantitative estimate of drug-likeness (QED) is 0.718. The molecular formula is C22H23FN4O. The monoisotopic (exact) mass is 378 g/mol. The van der Waals surface area contributed by atoms with Crippen LogP contribution in [0.25, 0.3) is 11.3 Å². The van der Waals surface area contributed by atoms with E-state index in [1.165, 1.54) is 23.3 Å².